The van der Waals surface area contributed by atoms with Gasteiger partial charge in [0.2, 0.25) is 0 Å². The topological polar surface area (TPSA) is 82.4 Å². The number of hydrogen-bond donors (Lipinski definition) is 1. The minimum atomic E-state index is -1.11. The molecule has 1 fully saturated rings. The number of imide groups is 1. The normalized spacial score (nSPS) is 21.1. The number of carbonyl (C=O) groups excluding carboxylic acids is 2. The van der Waals surface area contributed by atoms with E-state index in [1.165, 1.54) is 4.90 Å². The van der Waals surface area contributed by atoms with Crippen molar-refractivity contribution in [3.63, 3.8) is 0 Å². The van der Waals surface area contributed by atoms with Crippen molar-refractivity contribution in [3.05, 3.63) is 35.4 Å². The zero-order valence-electron chi connectivity index (χ0n) is 12.9. The Labute approximate surface area is 129 Å². The van der Waals surface area contributed by atoms with E-state index in [4.69, 9.17) is 10.00 Å². The molecule has 0 spiro atoms. The predicted molar refractivity (Wildman–Crippen MR) is 79.8 cm³/mol. The van der Waals surface area contributed by atoms with E-state index in [1.807, 2.05) is 19.9 Å². The number of nitrogens with zero attached hydrogens (tertiary/aromatic N) is 2. The van der Waals surface area contributed by atoms with Crippen LogP contribution in [0.3, 0.4) is 0 Å². The van der Waals surface area contributed by atoms with E-state index in [0.717, 1.165) is 0 Å². The van der Waals surface area contributed by atoms with Crippen LogP contribution in [0.15, 0.2) is 24.3 Å². The Morgan fingerprint density at radius 3 is 2.50 bits per heavy atom. The first-order chi connectivity index (χ1) is 10.4. The lowest BCUT2D eigenvalue weighted by atomic mass is 9.91. The average Bonchev–Trinajstić information content (AvgIpc) is 2.71. The van der Waals surface area contributed by atoms with Gasteiger partial charge < -0.3 is 10.1 Å². The monoisotopic (exact) mass is 301 g/mol. The molecule has 1 atom stereocenters. The molecule has 3 amide bonds. The van der Waals surface area contributed by atoms with Crippen molar-refractivity contribution in [2.75, 3.05) is 13.2 Å². The van der Waals surface area contributed by atoms with E-state index < -0.39 is 11.6 Å². The molecule has 0 unspecified atom stereocenters. The fourth-order valence-electron chi connectivity index (χ4n) is 2.35. The Hall–Kier alpha value is -2.39. The maximum atomic E-state index is 12.6. The molecule has 0 aromatic heterocycles. The smallest absolute Gasteiger partial charge is 0.325 e. The lowest BCUT2D eigenvalue weighted by molar-refractivity contribution is -0.131. The van der Waals surface area contributed by atoms with Crippen LogP contribution < -0.4 is 5.32 Å². The van der Waals surface area contributed by atoms with Gasteiger partial charge in [0.25, 0.3) is 5.91 Å². The van der Waals surface area contributed by atoms with Crippen LogP contribution in [0.2, 0.25) is 0 Å². The molecule has 116 valence electrons. The second-order valence-corrected chi connectivity index (χ2v) is 5.62. The number of carbonyl (C=O) groups is 2. The predicted octanol–water partition coefficient (Wildman–Crippen LogP) is 1.75. The Morgan fingerprint density at radius 2 is 1.95 bits per heavy atom. The van der Waals surface area contributed by atoms with Crippen molar-refractivity contribution >= 4 is 11.9 Å². The van der Waals surface area contributed by atoms with E-state index in [2.05, 4.69) is 5.32 Å². The molecule has 1 aromatic rings. The number of nitrogens with one attached hydrogen (secondary N) is 1. The molecule has 1 N–H and O–H groups in total. The van der Waals surface area contributed by atoms with Crippen LogP contribution in [0, 0.1) is 11.3 Å². The van der Waals surface area contributed by atoms with Gasteiger partial charge in [0.1, 0.15) is 5.54 Å². The number of rotatable bonds is 5. The van der Waals surface area contributed by atoms with E-state index in [9.17, 15) is 9.59 Å². The minimum absolute atomic E-state index is 0.0469. The zero-order valence-corrected chi connectivity index (χ0v) is 12.9. The molecule has 1 aromatic carbocycles. The number of hydrogen-bond acceptors (Lipinski definition) is 4. The standard InChI is InChI=1S/C16H19N3O3/c1-11(2)22-9-8-19-14(20)16(3,18-15(19)21)13-6-4-12(10-17)5-7-13/h4-7,11H,8-9H2,1-3H3,(H,18,21)/t16-/m0/s1. The first-order valence-corrected chi connectivity index (χ1v) is 7.15. The Morgan fingerprint density at radius 1 is 1.32 bits per heavy atom. The highest BCUT2D eigenvalue weighted by Crippen LogP contribution is 2.28. The minimum Gasteiger partial charge on any atom is -0.377 e. The summed E-state index contributed by atoms with van der Waals surface area (Å²) in [6, 6.07) is 8.23. The quantitative estimate of drug-likeness (QED) is 0.840. The van der Waals surface area contributed by atoms with Crippen molar-refractivity contribution in [2.24, 2.45) is 0 Å². The summed E-state index contributed by atoms with van der Waals surface area (Å²) in [5, 5.41) is 11.5. The first-order valence-electron chi connectivity index (χ1n) is 7.15. The molecular weight excluding hydrogens is 282 g/mol. The van der Waals surface area contributed by atoms with Gasteiger partial charge in [0.15, 0.2) is 0 Å². The number of amides is 3. The maximum Gasteiger partial charge on any atom is 0.325 e. The van der Waals surface area contributed by atoms with Gasteiger partial charge in [-0.25, -0.2) is 4.79 Å². The van der Waals surface area contributed by atoms with Crippen molar-refractivity contribution in [1.29, 1.82) is 5.26 Å². The van der Waals surface area contributed by atoms with Crippen LogP contribution in [0.4, 0.5) is 4.79 Å². The molecule has 22 heavy (non-hydrogen) atoms. The molecular formula is C16H19N3O3. The molecule has 1 aliphatic heterocycles. The SMILES string of the molecule is CC(C)OCCN1C(=O)N[C@@](C)(c2ccc(C#N)cc2)C1=O. The molecule has 0 aliphatic carbocycles. The van der Waals surface area contributed by atoms with Crippen LogP contribution in [-0.2, 0) is 15.1 Å². The highest BCUT2D eigenvalue weighted by atomic mass is 16.5. The summed E-state index contributed by atoms with van der Waals surface area (Å²) in [5.41, 5.74) is 0.0477. The van der Waals surface area contributed by atoms with Gasteiger partial charge in [-0.1, -0.05) is 12.1 Å². The fourth-order valence-corrected chi connectivity index (χ4v) is 2.35. The van der Waals surface area contributed by atoms with Gasteiger partial charge in [0.05, 0.1) is 30.9 Å². The van der Waals surface area contributed by atoms with Crippen LogP contribution >= 0.6 is 0 Å². The van der Waals surface area contributed by atoms with Gasteiger partial charge in [0, 0.05) is 0 Å². The van der Waals surface area contributed by atoms with E-state index in [-0.39, 0.29) is 18.6 Å². The Balaban J connectivity index is 2.16. The van der Waals surface area contributed by atoms with Crippen molar-refractivity contribution in [3.8, 4) is 6.07 Å². The third-order valence-electron chi connectivity index (χ3n) is 3.63. The summed E-state index contributed by atoms with van der Waals surface area (Å²) in [7, 11) is 0. The molecule has 2 rings (SSSR count). The molecule has 6 heteroatoms. The Bertz CT molecular complexity index is 619. The second kappa shape index (κ2) is 6.16. The summed E-state index contributed by atoms with van der Waals surface area (Å²) < 4.78 is 5.39. The second-order valence-electron chi connectivity index (χ2n) is 5.62. The van der Waals surface area contributed by atoms with Gasteiger partial charge in [-0.05, 0) is 38.5 Å². The lowest BCUT2D eigenvalue weighted by Gasteiger charge is -2.22. The summed E-state index contributed by atoms with van der Waals surface area (Å²) >= 11 is 0. The van der Waals surface area contributed by atoms with Crippen LogP contribution in [0.1, 0.15) is 31.9 Å². The first kappa shape index (κ1) is 16.0. The summed E-state index contributed by atoms with van der Waals surface area (Å²) in [6.45, 7) is 5.98. The highest BCUT2D eigenvalue weighted by Gasteiger charge is 2.48. The molecule has 1 saturated heterocycles. The molecule has 1 heterocycles. The van der Waals surface area contributed by atoms with Crippen LogP contribution in [0.25, 0.3) is 0 Å². The van der Waals surface area contributed by atoms with Crippen LogP contribution in [0.5, 0.6) is 0 Å². The van der Waals surface area contributed by atoms with Crippen molar-refractivity contribution < 1.29 is 14.3 Å². The van der Waals surface area contributed by atoms with E-state index in [1.54, 1.807) is 31.2 Å². The van der Waals surface area contributed by atoms with Gasteiger partial charge in [-0.3, -0.25) is 9.69 Å². The molecule has 6 nitrogen and oxygen atoms in total. The zero-order chi connectivity index (χ0) is 16.3. The molecule has 0 saturated carbocycles. The van der Waals surface area contributed by atoms with Crippen LogP contribution in [-0.4, -0.2) is 36.1 Å². The van der Waals surface area contributed by atoms with E-state index >= 15 is 0 Å². The number of nitriles is 1. The van der Waals surface area contributed by atoms with Gasteiger partial charge in [-0.2, -0.15) is 5.26 Å². The summed E-state index contributed by atoms with van der Waals surface area (Å²) in [5.74, 6) is -0.311. The lowest BCUT2D eigenvalue weighted by Crippen LogP contribution is -2.41. The number of urea groups is 1. The maximum absolute atomic E-state index is 12.6. The largest absolute Gasteiger partial charge is 0.377 e. The van der Waals surface area contributed by atoms with E-state index in [0.29, 0.717) is 17.7 Å². The third kappa shape index (κ3) is 2.95. The summed E-state index contributed by atoms with van der Waals surface area (Å²) in [6.07, 6.45) is 0.0469. The molecule has 0 radical (unpaired) electrons. The molecule has 0 bridgehead atoms. The number of ether oxygens (including phenoxy) is 1. The number of benzene rings is 1. The van der Waals surface area contributed by atoms with Gasteiger partial charge >= 0.3 is 6.03 Å². The highest BCUT2D eigenvalue weighted by molar-refractivity contribution is 6.07. The molecule has 1 aliphatic rings. The fraction of sp³-hybridized carbons (Fsp3) is 0.438. The third-order valence-corrected chi connectivity index (χ3v) is 3.63. The van der Waals surface area contributed by atoms with Crippen molar-refractivity contribution in [1.82, 2.24) is 10.2 Å². The Kier molecular flexibility index (Phi) is 4.48. The summed E-state index contributed by atoms with van der Waals surface area (Å²) in [4.78, 5) is 25.8. The van der Waals surface area contributed by atoms with Gasteiger partial charge in [-0.15, -0.1) is 0 Å². The average molecular weight is 301 g/mol. The van der Waals surface area contributed by atoms with Crippen molar-refractivity contribution in [2.45, 2.75) is 32.4 Å².